The first-order valence-corrected chi connectivity index (χ1v) is 10.4. The minimum atomic E-state index is -0.337. The molecule has 3 N–H and O–H groups in total. The second kappa shape index (κ2) is 9.70. The SMILES string of the molecule is COc1cn(-c2ccccc2)nc1C(=O)NCCCc1nn(-c2ccccc2)c(N)c1C#N. The zero-order chi connectivity index (χ0) is 23.2. The van der Waals surface area contributed by atoms with Crippen LogP contribution in [0, 0.1) is 11.3 Å². The van der Waals surface area contributed by atoms with Crippen LogP contribution in [-0.2, 0) is 6.42 Å². The van der Waals surface area contributed by atoms with Crippen molar-refractivity contribution in [3.63, 3.8) is 0 Å². The van der Waals surface area contributed by atoms with Gasteiger partial charge in [0.25, 0.3) is 5.91 Å². The Kier molecular flexibility index (Phi) is 6.36. The molecule has 0 bridgehead atoms. The van der Waals surface area contributed by atoms with Crippen molar-refractivity contribution < 1.29 is 9.53 Å². The largest absolute Gasteiger partial charge is 0.493 e. The summed E-state index contributed by atoms with van der Waals surface area (Å²) in [4.78, 5) is 12.7. The number of aromatic nitrogens is 4. The molecule has 0 spiro atoms. The third-order valence-electron chi connectivity index (χ3n) is 5.12. The Hall–Kier alpha value is -4.58. The van der Waals surface area contributed by atoms with Crippen LogP contribution in [0.2, 0.25) is 0 Å². The van der Waals surface area contributed by atoms with E-state index in [4.69, 9.17) is 10.5 Å². The molecule has 33 heavy (non-hydrogen) atoms. The van der Waals surface area contributed by atoms with Crippen LogP contribution in [0.5, 0.6) is 5.75 Å². The lowest BCUT2D eigenvalue weighted by Gasteiger charge is -2.04. The van der Waals surface area contributed by atoms with Crippen LogP contribution in [0.15, 0.2) is 66.9 Å². The molecule has 2 aromatic carbocycles. The third-order valence-corrected chi connectivity index (χ3v) is 5.12. The van der Waals surface area contributed by atoms with E-state index >= 15 is 0 Å². The van der Waals surface area contributed by atoms with Crippen LogP contribution >= 0.6 is 0 Å². The number of methoxy groups -OCH3 is 1. The lowest BCUT2D eigenvalue weighted by atomic mass is 10.1. The summed E-state index contributed by atoms with van der Waals surface area (Å²) in [5.74, 6) is 0.354. The summed E-state index contributed by atoms with van der Waals surface area (Å²) in [5, 5.41) is 21.3. The van der Waals surface area contributed by atoms with Gasteiger partial charge in [-0.2, -0.15) is 15.5 Å². The molecule has 0 unspecified atom stereocenters. The van der Waals surface area contributed by atoms with E-state index in [1.807, 2.05) is 60.7 Å². The number of carbonyl (C=O) groups excluding carboxylic acids is 1. The molecule has 0 aliphatic heterocycles. The number of rotatable bonds is 8. The standard InChI is InChI=1S/C24H23N7O2/c1-33-21-16-30(17-9-4-2-5-10-17)29-22(21)24(32)27-14-8-13-20-19(15-25)23(26)31(28-20)18-11-6-3-7-12-18/h2-7,9-12,16H,8,13-14,26H2,1H3,(H,27,32). The van der Waals surface area contributed by atoms with Gasteiger partial charge in [-0.1, -0.05) is 36.4 Å². The molecule has 4 rings (SSSR count). The molecular weight excluding hydrogens is 418 g/mol. The fourth-order valence-electron chi connectivity index (χ4n) is 3.46. The van der Waals surface area contributed by atoms with Crippen molar-refractivity contribution in [3.05, 3.63) is 83.8 Å². The number of nitrogens with zero attached hydrogens (tertiary/aromatic N) is 5. The fraction of sp³-hybridized carbons (Fsp3) is 0.167. The number of ether oxygens (including phenoxy) is 1. The molecule has 2 heterocycles. The third kappa shape index (κ3) is 4.55. The number of anilines is 1. The van der Waals surface area contributed by atoms with Crippen molar-refractivity contribution in [2.75, 3.05) is 19.4 Å². The number of para-hydroxylation sites is 2. The number of amides is 1. The van der Waals surface area contributed by atoms with E-state index in [1.165, 1.54) is 7.11 Å². The molecule has 0 radical (unpaired) electrons. The highest BCUT2D eigenvalue weighted by atomic mass is 16.5. The molecule has 2 aromatic heterocycles. The van der Waals surface area contributed by atoms with Crippen molar-refractivity contribution >= 4 is 11.7 Å². The zero-order valence-corrected chi connectivity index (χ0v) is 18.1. The van der Waals surface area contributed by atoms with Gasteiger partial charge in [-0.15, -0.1) is 0 Å². The summed E-state index contributed by atoms with van der Waals surface area (Å²) in [6.07, 6.45) is 2.73. The minimum absolute atomic E-state index is 0.205. The molecule has 0 saturated heterocycles. The molecule has 9 heteroatoms. The quantitative estimate of drug-likeness (QED) is 0.405. The molecule has 0 saturated carbocycles. The lowest BCUT2D eigenvalue weighted by Crippen LogP contribution is -2.26. The van der Waals surface area contributed by atoms with Gasteiger partial charge in [0.05, 0.1) is 30.4 Å². The van der Waals surface area contributed by atoms with Crippen LogP contribution in [-0.4, -0.2) is 39.1 Å². The second-order valence-electron chi connectivity index (χ2n) is 7.25. The Morgan fingerprint density at radius 3 is 2.39 bits per heavy atom. The summed E-state index contributed by atoms with van der Waals surface area (Å²) in [7, 11) is 1.50. The first-order chi connectivity index (χ1) is 16.1. The number of hydrogen-bond donors (Lipinski definition) is 2. The highest BCUT2D eigenvalue weighted by Crippen LogP contribution is 2.22. The Bertz CT molecular complexity index is 1290. The van der Waals surface area contributed by atoms with Crippen LogP contribution < -0.4 is 15.8 Å². The average Bonchev–Trinajstić information content (AvgIpc) is 3.44. The van der Waals surface area contributed by atoms with E-state index in [0.717, 1.165) is 11.4 Å². The summed E-state index contributed by atoms with van der Waals surface area (Å²) in [6.45, 7) is 0.378. The Balaban J connectivity index is 1.40. The smallest absolute Gasteiger partial charge is 0.275 e. The maximum atomic E-state index is 12.7. The molecule has 0 fully saturated rings. The number of nitrogen functional groups attached to an aromatic ring is 1. The number of nitriles is 1. The van der Waals surface area contributed by atoms with Crippen LogP contribution in [0.25, 0.3) is 11.4 Å². The summed E-state index contributed by atoms with van der Waals surface area (Å²) >= 11 is 0. The maximum Gasteiger partial charge on any atom is 0.275 e. The van der Waals surface area contributed by atoms with E-state index in [0.29, 0.717) is 42.2 Å². The van der Waals surface area contributed by atoms with E-state index < -0.39 is 0 Å². The number of benzene rings is 2. The highest BCUT2D eigenvalue weighted by Gasteiger charge is 2.19. The van der Waals surface area contributed by atoms with E-state index in [2.05, 4.69) is 21.6 Å². The highest BCUT2D eigenvalue weighted by molar-refractivity contribution is 5.94. The molecule has 166 valence electrons. The maximum absolute atomic E-state index is 12.7. The minimum Gasteiger partial charge on any atom is -0.493 e. The molecule has 0 aliphatic rings. The van der Waals surface area contributed by atoms with Gasteiger partial charge in [-0.25, -0.2) is 9.36 Å². The second-order valence-corrected chi connectivity index (χ2v) is 7.25. The van der Waals surface area contributed by atoms with Crippen molar-refractivity contribution in [1.82, 2.24) is 24.9 Å². The van der Waals surface area contributed by atoms with Gasteiger partial charge >= 0.3 is 0 Å². The molecular formula is C24H23N7O2. The lowest BCUT2D eigenvalue weighted by molar-refractivity contribution is 0.0945. The first kappa shape index (κ1) is 21.6. The molecule has 0 atom stereocenters. The Morgan fingerprint density at radius 2 is 1.76 bits per heavy atom. The van der Waals surface area contributed by atoms with Crippen molar-refractivity contribution in [1.29, 1.82) is 5.26 Å². The van der Waals surface area contributed by atoms with Crippen molar-refractivity contribution in [2.24, 2.45) is 0 Å². The predicted molar refractivity (Wildman–Crippen MR) is 123 cm³/mol. The first-order valence-electron chi connectivity index (χ1n) is 10.4. The van der Waals surface area contributed by atoms with Gasteiger partial charge in [-0.05, 0) is 37.1 Å². The molecule has 9 nitrogen and oxygen atoms in total. The number of nitrogens with two attached hydrogens (primary N) is 1. The van der Waals surface area contributed by atoms with Gasteiger partial charge in [-0.3, -0.25) is 4.79 Å². The van der Waals surface area contributed by atoms with Crippen molar-refractivity contribution in [2.45, 2.75) is 12.8 Å². The normalized spacial score (nSPS) is 10.5. The topological polar surface area (TPSA) is 124 Å². The van der Waals surface area contributed by atoms with E-state index in [9.17, 15) is 10.1 Å². The van der Waals surface area contributed by atoms with Gasteiger partial charge in [0, 0.05) is 6.54 Å². The predicted octanol–water partition coefficient (Wildman–Crippen LogP) is 2.88. The van der Waals surface area contributed by atoms with Crippen LogP contribution in [0.3, 0.4) is 0 Å². The summed E-state index contributed by atoms with van der Waals surface area (Å²) < 4.78 is 8.49. The molecule has 1 amide bonds. The van der Waals surface area contributed by atoms with Gasteiger partial charge in [0.2, 0.25) is 0 Å². The molecule has 4 aromatic rings. The van der Waals surface area contributed by atoms with Gasteiger partial charge in [0.15, 0.2) is 11.4 Å². The number of nitrogens with one attached hydrogen (secondary N) is 1. The molecule has 0 aliphatic carbocycles. The van der Waals surface area contributed by atoms with Crippen molar-refractivity contribution in [3.8, 4) is 23.2 Å². The monoisotopic (exact) mass is 441 g/mol. The summed E-state index contributed by atoms with van der Waals surface area (Å²) in [5.41, 5.74) is 8.91. The van der Waals surface area contributed by atoms with E-state index in [-0.39, 0.29) is 11.6 Å². The Morgan fingerprint density at radius 1 is 1.09 bits per heavy atom. The van der Waals surface area contributed by atoms with Gasteiger partial charge < -0.3 is 15.8 Å². The number of carbonyl (C=O) groups is 1. The fourth-order valence-corrected chi connectivity index (χ4v) is 3.46. The van der Waals surface area contributed by atoms with Gasteiger partial charge in [0.1, 0.15) is 17.5 Å². The zero-order valence-electron chi connectivity index (χ0n) is 18.1. The average molecular weight is 441 g/mol. The summed E-state index contributed by atoms with van der Waals surface area (Å²) in [6, 6.07) is 21.0. The number of aryl methyl sites for hydroxylation is 1. The number of hydrogen-bond acceptors (Lipinski definition) is 6. The van der Waals surface area contributed by atoms with Crippen LogP contribution in [0.4, 0.5) is 5.82 Å². The Labute approximate surface area is 191 Å². The van der Waals surface area contributed by atoms with E-state index in [1.54, 1.807) is 15.6 Å². The van der Waals surface area contributed by atoms with Crippen LogP contribution in [0.1, 0.15) is 28.2 Å².